The van der Waals surface area contributed by atoms with E-state index in [2.05, 4.69) is 30.0 Å². The topological polar surface area (TPSA) is 123 Å². The van der Waals surface area contributed by atoms with E-state index in [0.29, 0.717) is 50.5 Å². The molecular formula is C33H40N2O6. The first-order valence-electron chi connectivity index (χ1n) is 14.3. The van der Waals surface area contributed by atoms with E-state index in [1.807, 2.05) is 24.3 Å². The van der Waals surface area contributed by atoms with Gasteiger partial charge in [0, 0.05) is 19.3 Å². The highest BCUT2D eigenvalue weighted by Gasteiger charge is 2.37. The Morgan fingerprint density at radius 3 is 2.54 bits per heavy atom. The van der Waals surface area contributed by atoms with E-state index in [1.54, 1.807) is 19.1 Å². The third-order valence-corrected chi connectivity index (χ3v) is 7.47. The van der Waals surface area contributed by atoms with Crippen molar-refractivity contribution in [1.29, 1.82) is 0 Å². The van der Waals surface area contributed by atoms with Crippen LogP contribution in [0.1, 0.15) is 74.5 Å². The molecule has 2 aromatic carbocycles. The Bertz CT molecular complexity index is 1270. The fourth-order valence-corrected chi connectivity index (χ4v) is 5.07. The minimum absolute atomic E-state index is 0.229. The summed E-state index contributed by atoms with van der Waals surface area (Å²) in [4.78, 5) is 25.2. The van der Waals surface area contributed by atoms with Crippen molar-refractivity contribution in [2.75, 3.05) is 19.8 Å². The number of carbonyl (C=O) groups is 2. The molecule has 0 aromatic heterocycles. The molecule has 2 atom stereocenters. The normalized spacial score (nSPS) is 17.2. The summed E-state index contributed by atoms with van der Waals surface area (Å²) in [5.41, 5.74) is 15.6. The van der Waals surface area contributed by atoms with E-state index in [4.69, 9.17) is 30.4 Å². The van der Waals surface area contributed by atoms with Crippen molar-refractivity contribution >= 4 is 17.5 Å². The van der Waals surface area contributed by atoms with Crippen LogP contribution in [0.5, 0.6) is 5.75 Å². The van der Waals surface area contributed by atoms with E-state index < -0.39 is 29.7 Å². The lowest BCUT2D eigenvalue weighted by atomic mass is 9.89. The van der Waals surface area contributed by atoms with Gasteiger partial charge in [-0.2, -0.15) is 0 Å². The third kappa shape index (κ3) is 8.51. The number of rotatable bonds is 12. The summed E-state index contributed by atoms with van der Waals surface area (Å²) in [6.45, 7) is 3.96. The third-order valence-electron chi connectivity index (χ3n) is 7.47. The SMILES string of the molecule is CC#CCC(C(=O)OC(=O)[C@@H](N)CCCCN)c1ccc(OCc2cccc(C3=CCC4(CC3)OCCO4)c2)cc1. The maximum Gasteiger partial charge on any atom is 0.330 e. The van der Waals surface area contributed by atoms with Gasteiger partial charge in [-0.3, -0.25) is 4.79 Å². The first-order chi connectivity index (χ1) is 19.9. The van der Waals surface area contributed by atoms with Gasteiger partial charge < -0.3 is 30.4 Å². The first kappa shape index (κ1) is 30.5. The van der Waals surface area contributed by atoms with Gasteiger partial charge in [0.2, 0.25) is 0 Å². The molecule has 1 fully saturated rings. The Morgan fingerprint density at radius 1 is 1.07 bits per heavy atom. The highest BCUT2D eigenvalue weighted by molar-refractivity contribution is 5.91. The average molecular weight is 561 g/mol. The van der Waals surface area contributed by atoms with Crippen molar-refractivity contribution in [2.24, 2.45) is 11.5 Å². The van der Waals surface area contributed by atoms with Crippen molar-refractivity contribution in [3.8, 4) is 17.6 Å². The maximum atomic E-state index is 12.9. The van der Waals surface area contributed by atoms with E-state index in [-0.39, 0.29) is 6.42 Å². The van der Waals surface area contributed by atoms with Crippen LogP contribution in [0.15, 0.2) is 54.6 Å². The lowest BCUT2D eigenvalue weighted by Crippen LogP contribution is -2.35. The molecule has 1 aliphatic heterocycles. The molecule has 0 amide bonds. The molecule has 1 aliphatic carbocycles. The summed E-state index contributed by atoms with van der Waals surface area (Å²) < 4.78 is 22.8. The summed E-state index contributed by atoms with van der Waals surface area (Å²) in [5, 5.41) is 0. The molecule has 8 heteroatoms. The largest absolute Gasteiger partial charge is 0.489 e. The molecule has 8 nitrogen and oxygen atoms in total. The molecule has 0 saturated carbocycles. The second-order valence-electron chi connectivity index (χ2n) is 10.4. The zero-order valence-corrected chi connectivity index (χ0v) is 23.7. The number of nitrogens with two attached hydrogens (primary N) is 2. The van der Waals surface area contributed by atoms with Crippen LogP contribution in [0.25, 0.3) is 5.57 Å². The average Bonchev–Trinajstić information content (AvgIpc) is 3.45. The fourth-order valence-electron chi connectivity index (χ4n) is 5.07. The van der Waals surface area contributed by atoms with E-state index in [9.17, 15) is 9.59 Å². The number of hydrogen-bond acceptors (Lipinski definition) is 8. The van der Waals surface area contributed by atoms with Gasteiger partial charge in [-0.25, -0.2) is 4.79 Å². The number of hydrogen-bond donors (Lipinski definition) is 2. The minimum atomic E-state index is -0.862. The summed E-state index contributed by atoms with van der Waals surface area (Å²) in [7, 11) is 0. The number of ether oxygens (including phenoxy) is 4. The second kappa shape index (κ2) is 14.9. The van der Waals surface area contributed by atoms with Crippen molar-refractivity contribution in [1.82, 2.24) is 0 Å². The number of carbonyl (C=O) groups excluding carboxylic acids is 2. The quantitative estimate of drug-likeness (QED) is 0.167. The zero-order valence-electron chi connectivity index (χ0n) is 23.7. The molecular weight excluding hydrogens is 520 g/mol. The second-order valence-corrected chi connectivity index (χ2v) is 10.4. The van der Waals surface area contributed by atoms with Gasteiger partial charge in [0.1, 0.15) is 18.4 Å². The Balaban J connectivity index is 1.34. The number of esters is 2. The van der Waals surface area contributed by atoms with Gasteiger partial charge in [-0.15, -0.1) is 11.8 Å². The van der Waals surface area contributed by atoms with Crippen molar-refractivity contribution in [2.45, 2.75) is 76.2 Å². The van der Waals surface area contributed by atoms with Gasteiger partial charge in [0.25, 0.3) is 0 Å². The monoisotopic (exact) mass is 560 g/mol. The van der Waals surface area contributed by atoms with Crippen LogP contribution in [0, 0.1) is 11.8 Å². The molecule has 4 rings (SSSR count). The summed E-state index contributed by atoms with van der Waals surface area (Å²) in [6.07, 6.45) is 6.86. The fraction of sp³-hybridized carbons (Fsp3) is 0.455. The van der Waals surface area contributed by atoms with Crippen LogP contribution in [0.4, 0.5) is 0 Å². The van der Waals surface area contributed by atoms with Crippen LogP contribution >= 0.6 is 0 Å². The predicted octanol–water partition coefficient (Wildman–Crippen LogP) is 4.60. The lowest BCUT2D eigenvalue weighted by Gasteiger charge is -2.30. The Kier molecular flexibility index (Phi) is 11.1. The first-order valence-corrected chi connectivity index (χ1v) is 14.3. The predicted molar refractivity (Wildman–Crippen MR) is 156 cm³/mol. The van der Waals surface area contributed by atoms with Crippen molar-refractivity contribution in [3.63, 3.8) is 0 Å². The Hall–Kier alpha value is -3.48. The van der Waals surface area contributed by atoms with Gasteiger partial charge in [0.05, 0.1) is 19.1 Å². The van der Waals surface area contributed by atoms with E-state index in [0.717, 1.165) is 31.2 Å². The van der Waals surface area contributed by atoms with Crippen LogP contribution < -0.4 is 16.2 Å². The van der Waals surface area contributed by atoms with Crippen LogP contribution in [0.2, 0.25) is 0 Å². The molecule has 2 aromatic rings. The van der Waals surface area contributed by atoms with Gasteiger partial charge >= 0.3 is 11.9 Å². The van der Waals surface area contributed by atoms with Crippen molar-refractivity contribution in [3.05, 3.63) is 71.3 Å². The minimum Gasteiger partial charge on any atom is -0.489 e. The van der Waals surface area contributed by atoms with E-state index in [1.165, 1.54) is 11.1 Å². The van der Waals surface area contributed by atoms with Crippen LogP contribution in [0.3, 0.4) is 0 Å². The lowest BCUT2D eigenvalue weighted by molar-refractivity contribution is -0.162. The summed E-state index contributed by atoms with van der Waals surface area (Å²) in [5.74, 6) is 3.86. The molecule has 1 unspecified atom stereocenters. The van der Waals surface area contributed by atoms with Crippen LogP contribution in [-0.4, -0.2) is 43.5 Å². The summed E-state index contributed by atoms with van der Waals surface area (Å²) >= 11 is 0. The molecule has 4 N–H and O–H groups in total. The molecule has 0 radical (unpaired) electrons. The molecule has 2 aliphatic rings. The molecule has 41 heavy (non-hydrogen) atoms. The highest BCUT2D eigenvalue weighted by Crippen LogP contribution is 2.38. The molecule has 0 bridgehead atoms. The molecule has 1 heterocycles. The Labute approximate surface area is 242 Å². The summed E-state index contributed by atoms with van der Waals surface area (Å²) in [6, 6.07) is 14.7. The van der Waals surface area contributed by atoms with Gasteiger partial charge in [-0.1, -0.05) is 42.8 Å². The Morgan fingerprint density at radius 2 is 1.85 bits per heavy atom. The molecule has 218 valence electrons. The number of unbranched alkanes of at least 4 members (excludes halogenated alkanes) is 1. The van der Waals surface area contributed by atoms with Crippen molar-refractivity contribution < 1.29 is 28.5 Å². The van der Waals surface area contributed by atoms with E-state index >= 15 is 0 Å². The highest BCUT2D eigenvalue weighted by atomic mass is 16.7. The zero-order chi connectivity index (χ0) is 29.1. The molecule has 1 spiro atoms. The molecule has 1 saturated heterocycles. The number of benzene rings is 2. The smallest absolute Gasteiger partial charge is 0.330 e. The maximum absolute atomic E-state index is 12.9. The van der Waals surface area contributed by atoms with Gasteiger partial charge in [0.15, 0.2) is 5.79 Å². The van der Waals surface area contributed by atoms with Gasteiger partial charge in [-0.05, 0) is 73.2 Å². The number of allylic oxidation sites excluding steroid dienone is 1. The standard InChI is InChI=1S/C33H40N2O6/c1-2-3-9-29(31(36)41-32(37)30(35)10-4-5-19-34)26-11-13-28(14-12-26)38-23-24-7-6-8-27(22-24)25-15-17-33(18-16-25)39-20-21-40-33/h6-8,11-15,22,29-30H,4-5,9-10,16-21,23,34-35H2,1H3/t29?,30-/m0/s1. The van der Waals surface area contributed by atoms with Crippen LogP contribution in [-0.2, 0) is 30.4 Å².